The van der Waals surface area contributed by atoms with Crippen LogP contribution < -0.4 is 5.32 Å². The average molecular weight is 277 g/mol. The van der Waals surface area contributed by atoms with Crippen LogP contribution in [0.15, 0.2) is 24.3 Å². The van der Waals surface area contributed by atoms with E-state index in [1.165, 1.54) is 17.4 Å². The van der Waals surface area contributed by atoms with Crippen LogP contribution >= 0.6 is 11.3 Å². The van der Waals surface area contributed by atoms with Gasteiger partial charge in [-0.05, 0) is 25.8 Å². The van der Waals surface area contributed by atoms with Gasteiger partial charge in [-0.1, -0.05) is 29.5 Å². The van der Waals surface area contributed by atoms with Crippen molar-refractivity contribution < 1.29 is 9.18 Å². The van der Waals surface area contributed by atoms with Crippen LogP contribution in [0.4, 0.5) is 9.52 Å². The number of aromatic nitrogens is 2. The second kappa shape index (κ2) is 4.38. The summed E-state index contributed by atoms with van der Waals surface area (Å²) in [6.07, 6.45) is 1.33. The summed E-state index contributed by atoms with van der Waals surface area (Å²) in [7, 11) is 0. The van der Waals surface area contributed by atoms with Gasteiger partial charge in [-0.15, -0.1) is 10.2 Å². The fourth-order valence-corrected chi connectivity index (χ4v) is 2.74. The van der Waals surface area contributed by atoms with Crippen molar-refractivity contribution >= 4 is 22.4 Å². The summed E-state index contributed by atoms with van der Waals surface area (Å²) in [5, 5.41) is 11.7. The Kier molecular flexibility index (Phi) is 2.82. The molecule has 1 saturated carbocycles. The summed E-state index contributed by atoms with van der Waals surface area (Å²) < 4.78 is 13.8. The number of nitrogens with one attached hydrogen (secondary N) is 1. The lowest BCUT2D eigenvalue weighted by Crippen LogP contribution is -2.28. The highest BCUT2D eigenvalue weighted by Gasteiger charge is 2.52. The third kappa shape index (κ3) is 2.12. The smallest absolute Gasteiger partial charge is 0.236 e. The monoisotopic (exact) mass is 277 g/mol. The SMILES string of the molecule is Cc1nnc(NC(=O)C2(c3ccccc3F)CC2)s1. The van der Waals surface area contributed by atoms with Crippen LogP contribution in [0.3, 0.4) is 0 Å². The molecule has 0 bridgehead atoms. The molecule has 0 saturated heterocycles. The average Bonchev–Trinajstić information content (AvgIpc) is 3.09. The number of halogens is 1. The van der Waals surface area contributed by atoms with Gasteiger partial charge in [0.25, 0.3) is 0 Å². The largest absolute Gasteiger partial charge is 0.300 e. The van der Waals surface area contributed by atoms with Gasteiger partial charge < -0.3 is 0 Å². The Morgan fingerprint density at radius 1 is 1.37 bits per heavy atom. The van der Waals surface area contributed by atoms with Gasteiger partial charge in [0.15, 0.2) is 0 Å². The van der Waals surface area contributed by atoms with Gasteiger partial charge in [-0.25, -0.2) is 4.39 Å². The molecule has 1 aliphatic carbocycles. The summed E-state index contributed by atoms with van der Waals surface area (Å²) in [6.45, 7) is 1.82. The third-order valence-electron chi connectivity index (χ3n) is 3.32. The second-order valence-corrected chi connectivity index (χ2v) is 5.82. The second-order valence-electron chi connectivity index (χ2n) is 4.64. The Balaban J connectivity index is 1.85. The van der Waals surface area contributed by atoms with Gasteiger partial charge in [0.2, 0.25) is 11.0 Å². The zero-order chi connectivity index (χ0) is 13.5. The number of carbonyl (C=O) groups excluding carboxylic acids is 1. The van der Waals surface area contributed by atoms with Crippen LogP contribution in [0, 0.1) is 12.7 Å². The number of benzene rings is 1. The molecule has 2 aromatic rings. The normalized spacial score (nSPS) is 16.1. The Morgan fingerprint density at radius 3 is 2.68 bits per heavy atom. The van der Waals surface area contributed by atoms with Gasteiger partial charge in [0.1, 0.15) is 10.8 Å². The molecule has 1 fully saturated rings. The lowest BCUT2D eigenvalue weighted by Gasteiger charge is -2.14. The Hall–Kier alpha value is -1.82. The number of nitrogens with zero attached hydrogens (tertiary/aromatic N) is 2. The molecule has 98 valence electrons. The van der Waals surface area contributed by atoms with Gasteiger partial charge in [0.05, 0.1) is 5.41 Å². The molecule has 0 spiro atoms. The van der Waals surface area contributed by atoms with E-state index in [0.29, 0.717) is 23.5 Å². The van der Waals surface area contributed by atoms with E-state index in [2.05, 4.69) is 15.5 Å². The molecule has 0 unspecified atom stereocenters. The number of aryl methyl sites for hydroxylation is 1. The van der Waals surface area contributed by atoms with Crippen LogP contribution in [0.1, 0.15) is 23.4 Å². The third-order valence-corrected chi connectivity index (χ3v) is 4.07. The first-order chi connectivity index (χ1) is 9.12. The number of hydrogen-bond donors (Lipinski definition) is 1. The lowest BCUT2D eigenvalue weighted by atomic mass is 9.94. The van der Waals surface area contributed by atoms with E-state index in [1.807, 2.05) is 6.92 Å². The zero-order valence-electron chi connectivity index (χ0n) is 10.3. The van der Waals surface area contributed by atoms with Crippen molar-refractivity contribution in [3.8, 4) is 0 Å². The maximum Gasteiger partial charge on any atom is 0.236 e. The highest BCUT2D eigenvalue weighted by Crippen LogP contribution is 2.49. The summed E-state index contributed by atoms with van der Waals surface area (Å²) in [6, 6.07) is 6.44. The van der Waals surface area contributed by atoms with Crippen LogP contribution in [0.5, 0.6) is 0 Å². The van der Waals surface area contributed by atoms with E-state index in [0.717, 1.165) is 5.01 Å². The van der Waals surface area contributed by atoms with Gasteiger partial charge in [0, 0.05) is 5.56 Å². The van der Waals surface area contributed by atoms with Crippen molar-refractivity contribution in [2.24, 2.45) is 0 Å². The van der Waals surface area contributed by atoms with Crippen molar-refractivity contribution in [2.45, 2.75) is 25.2 Å². The highest BCUT2D eigenvalue weighted by atomic mass is 32.1. The molecule has 4 nitrogen and oxygen atoms in total. The van der Waals surface area contributed by atoms with Crippen molar-refractivity contribution in [2.75, 3.05) is 5.32 Å². The van der Waals surface area contributed by atoms with E-state index in [9.17, 15) is 9.18 Å². The van der Waals surface area contributed by atoms with E-state index in [1.54, 1.807) is 18.2 Å². The highest BCUT2D eigenvalue weighted by molar-refractivity contribution is 7.15. The van der Waals surface area contributed by atoms with Crippen molar-refractivity contribution in [3.63, 3.8) is 0 Å². The van der Waals surface area contributed by atoms with E-state index in [4.69, 9.17) is 0 Å². The fourth-order valence-electron chi connectivity index (χ4n) is 2.16. The summed E-state index contributed by atoms with van der Waals surface area (Å²) in [5.41, 5.74) is -0.265. The first-order valence-corrected chi connectivity index (χ1v) is 6.80. The van der Waals surface area contributed by atoms with E-state index < -0.39 is 5.41 Å². The minimum Gasteiger partial charge on any atom is -0.300 e. The Bertz CT molecular complexity index is 636. The number of carbonyl (C=O) groups is 1. The Morgan fingerprint density at radius 2 is 2.11 bits per heavy atom. The number of rotatable bonds is 3. The predicted octanol–water partition coefficient (Wildman–Crippen LogP) is 2.66. The molecule has 1 aromatic heterocycles. The minimum absolute atomic E-state index is 0.200. The lowest BCUT2D eigenvalue weighted by molar-refractivity contribution is -0.118. The van der Waals surface area contributed by atoms with Gasteiger partial charge >= 0.3 is 0 Å². The Labute approximate surface area is 113 Å². The number of amides is 1. The zero-order valence-corrected chi connectivity index (χ0v) is 11.1. The quantitative estimate of drug-likeness (QED) is 0.938. The van der Waals surface area contributed by atoms with E-state index in [-0.39, 0.29) is 11.7 Å². The molecular formula is C13H12FN3OS. The molecule has 1 N–H and O–H groups in total. The van der Waals surface area contributed by atoms with Crippen LogP contribution in [-0.2, 0) is 10.2 Å². The molecule has 3 rings (SSSR count). The molecule has 1 aliphatic rings. The molecule has 1 heterocycles. The summed E-state index contributed by atoms with van der Waals surface area (Å²) in [4.78, 5) is 12.3. The van der Waals surface area contributed by atoms with Crippen LogP contribution in [0.2, 0.25) is 0 Å². The molecule has 19 heavy (non-hydrogen) atoms. The van der Waals surface area contributed by atoms with Crippen LogP contribution in [-0.4, -0.2) is 16.1 Å². The maximum absolute atomic E-state index is 13.8. The molecular weight excluding hydrogens is 265 g/mol. The van der Waals surface area contributed by atoms with E-state index >= 15 is 0 Å². The van der Waals surface area contributed by atoms with Crippen molar-refractivity contribution in [3.05, 3.63) is 40.7 Å². The number of anilines is 1. The molecule has 0 atom stereocenters. The molecule has 0 radical (unpaired) electrons. The first-order valence-electron chi connectivity index (χ1n) is 5.98. The van der Waals surface area contributed by atoms with Gasteiger partial charge in [-0.2, -0.15) is 0 Å². The summed E-state index contributed by atoms with van der Waals surface area (Å²) >= 11 is 1.31. The predicted molar refractivity (Wildman–Crippen MR) is 70.6 cm³/mol. The standard InChI is InChI=1S/C13H12FN3OS/c1-8-16-17-12(19-8)15-11(18)13(6-7-13)9-4-2-3-5-10(9)14/h2-5H,6-7H2,1H3,(H,15,17,18). The molecule has 1 aromatic carbocycles. The molecule has 0 aliphatic heterocycles. The summed E-state index contributed by atoms with van der Waals surface area (Å²) in [5.74, 6) is -0.530. The topological polar surface area (TPSA) is 54.9 Å². The minimum atomic E-state index is -0.731. The molecule has 6 heteroatoms. The molecule has 1 amide bonds. The van der Waals surface area contributed by atoms with Crippen molar-refractivity contribution in [1.29, 1.82) is 0 Å². The number of hydrogen-bond acceptors (Lipinski definition) is 4. The fraction of sp³-hybridized carbons (Fsp3) is 0.308. The van der Waals surface area contributed by atoms with Crippen molar-refractivity contribution in [1.82, 2.24) is 10.2 Å². The van der Waals surface area contributed by atoms with Gasteiger partial charge in [-0.3, -0.25) is 10.1 Å². The first kappa shape index (κ1) is 12.2. The maximum atomic E-state index is 13.8. The van der Waals surface area contributed by atoms with Crippen LogP contribution in [0.25, 0.3) is 0 Å².